The first-order chi connectivity index (χ1) is 7.04. The summed E-state index contributed by atoms with van der Waals surface area (Å²) in [6, 6.07) is 0. The molecule has 84 valence electrons. The Bertz CT molecular complexity index is 304. The van der Waals surface area contributed by atoms with E-state index in [9.17, 15) is 0 Å². The molecule has 2 bridgehead atoms. The fourth-order valence-electron chi connectivity index (χ4n) is 3.54. The zero-order chi connectivity index (χ0) is 11.1. The average Bonchev–Trinajstić information content (AvgIpc) is 2.16. The number of hydrogen-bond acceptors (Lipinski definition) is 0. The maximum Gasteiger partial charge on any atom is -0.0146 e. The van der Waals surface area contributed by atoms with Gasteiger partial charge in [0.15, 0.2) is 0 Å². The van der Waals surface area contributed by atoms with Crippen LogP contribution in [-0.2, 0) is 0 Å². The van der Waals surface area contributed by atoms with Gasteiger partial charge in [-0.1, -0.05) is 30.2 Å². The molecule has 15 heavy (non-hydrogen) atoms. The van der Waals surface area contributed by atoms with Crippen LogP contribution >= 0.6 is 0 Å². The van der Waals surface area contributed by atoms with Gasteiger partial charge in [0.1, 0.15) is 0 Å². The van der Waals surface area contributed by atoms with Crippen LogP contribution in [0, 0.1) is 17.3 Å². The molecular formula is C15H24. The first-order valence-corrected chi connectivity index (χ1v) is 6.34. The lowest BCUT2D eigenvalue weighted by Gasteiger charge is -2.58. The summed E-state index contributed by atoms with van der Waals surface area (Å²) in [7, 11) is 0. The molecule has 0 radical (unpaired) electrons. The third-order valence-electron chi connectivity index (χ3n) is 4.76. The van der Waals surface area contributed by atoms with Gasteiger partial charge in [-0.15, -0.1) is 0 Å². The van der Waals surface area contributed by atoms with Crippen molar-refractivity contribution in [3.8, 4) is 0 Å². The van der Waals surface area contributed by atoms with E-state index in [0.717, 1.165) is 11.8 Å². The van der Waals surface area contributed by atoms with Crippen molar-refractivity contribution in [2.24, 2.45) is 17.3 Å². The fraction of sp³-hybridized carbons (Fsp3) is 0.733. The molecule has 0 aliphatic heterocycles. The minimum absolute atomic E-state index is 0.630. The Balaban J connectivity index is 1.98. The first-order valence-electron chi connectivity index (χ1n) is 6.34. The molecule has 0 spiro atoms. The summed E-state index contributed by atoms with van der Waals surface area (Å²) in [5, 5.41) is 0. The van der Waals surface area contributed by atoms with Crippen molar-refractivity contribution in [2.75, 3.05) is 0 Å². The molecule has 0 aromatic heterocycles. The standard InChI is InChI=1S/C15H24/c1-11(2)6-5-9-15(4)13-8-7-12(3)14(15)10-13/h6-7,13-14H,5,8-10H2,1-4H3/t13-,14-,15+/m1/s1. The minimum Gasteiger partial charge on any atom is -0.0859 e. The van der Waals surface area contributed by atoms with Crippen molar-refractivity contribution in [1.29, 1.82) is 0 Å². The Hall–Kier alpha value is -0.520. The average molecular weight is 204 g/mol. The molecule has 0 N–H and O–H groups in total. The lowest BCUT2D eigenvalue weighted by molar-refractivity contribution is -0.0312. The van der Waals surface area contributed by atoms with Crippen molar-refractivity contribution < 1.29 is 0 Å². The van der Waals surface area contributed by atoms with Crippen LogP contribution in [0.5, 0.6) is 0 Å². The van der Waals surface area contributed by atoms with E-state index in [1.807, 2.05) is 0 Å². The molecule has 0 heterocycles. The molecule has 3 rings (SSSR count). The Kier molecular flexibility index (Phi) is 2.79. The Morgan fingerprint density at radius 2 is 2.27 bits per heavy atom. The zero-order valence-electron chi connectivity index (χ0n) is 10.6. The van der Waals surface area contributed by atoms with Crippen molar-refractivity contribution in [2.45, 2.75) is 53.4 Å². The van der Waals surface area contributed by atoms with Gasteiger partial charge in [0.25, 0.3) is 0 Å². The fourth-order valence-corrected chi connectivity index (χ4v) is 3.54. The molecule has 1 saturated carbocycles. The van der Waals surface area contributed by atoms with E-state index >= 15 is 0 Å². The Morgan fingerprint density at radius 3 is 2.80 bits per heavy atom. The van der Waals surface area contributed by atoms with Gasteiger partial charge in [-0.3, -0.25) is 0 Å². The predicted molar refractivity (Wildman–Crippen MR) is 66.7 cm³/mol. The summed E-state index contributed by atoms with van der Waals surface area (Å²) in [6.45, 7) is 9.25. The van der Waals surface area contributed by atoms with Gasteiger partial charge in [0.05, 0.1) is 0 Å². The second-order valence-corrected chi connectivity index (χ2v) is 6.00. The predicted octanol–water partition coefficient (Wildman–Crippen LogP) is 4.73. The van der Waals surface area contributed by atoms with Gasteiger partial charge in [-0.2, -0.15) is 0 Å². The quantitative estimate of drug-likeness (QED) is 0.583. The number of fused-ring (bicyclic) bond motifs is 1. The van der Waals surface area contributed by atoms with Gasteiger partial charge in [0.2, 0.25) is 0 Å². The minimum atomic E-state index is 0.630. The van der Waals surface area contributed by atoms with E-state index in [2.05, 4.69) is 39.8 Å². The summed E-state index contributed by atoms with van der Waals surface area (Å²) in [4.78, 5) is 0. The monoisotopic (exact) mass is 204 g/mol. The summed E-state index contributed by atoms with van der Waals surface area (Å²) in [5.74, 6) is 1.89. The van der Waals surface area contributed by atoms with Gasteiger partial charge in [0, 0.05) is 0 Å². The molecule has 0 aromatic rings. The normalized spacial score (nSPS) is 38.0. The van der Waals surface area contributed by atoms with Gasteiger partial charge >= 0.3 is 0 Å². The molecule has 3 aliphatic carbocycles. The van der Waals surface area contributed by atoms with Crippen LogP contribution in [0.15, 0.2) is 23.3 Å². The Morgan fingerprint density at radius 1 is 1.53 bits per heavy atom. The summed E-state index contributed by atoms with van der Waals surface area (Å²) >= 11 is 0. The van der Waals surface area contributed by atoms with Gasteiger partial charge < -0.3 is 0 Å². The molecule has 0 heteroatoms. The molecule has 0 aromatic carbocycles. The van der Waals surface area contributed by atoms with Crippen LogP contribution in [0.25, 0.3) is 0 Å². The molecule has 0 amide bonds. The summed E-state index contributed by atoms with van der Waals surface area (Å²) < 4.78 is 0. The van der Waals surface area contributed by atoms with Crippen molar-refractivity contribution in [3.05, 3.63) is 23.3 Å². The number of rotatable bonds is 3. The lowest BCUT2D eigenvalue weighted by atomic mass is 9.47. The van der Waals surface area contributed by atoms with E-state index in [1.54, 1.807) is 5.57 Å². The topological polar surface area (TPSA) is 0 Å². The largest absolute Gasteiger partial charge is 0.0859 e. The van der Waals surface area contributed by atoms with Crippen LogP contribution in [0.1, 0.15) is 53.4 Å². The van der Waals surface area contributed by atoms with Crippen molar-refractivity contribution in [1.82, 2.24) is 0 Å². The summed E-state index contributed by atoms with van der Waals surface area (Å²) in [5.41, 5.74) is 3.76. The Labute approximate surface area is 94.5 Å². The maximum atomic E-state index is 2.52. The molecule has 0 unspecified atom stereocenters. The SMILES string of the molecule is CC(C)=CCC[C@@]1(C)[C@@H]2CC=C(C)[C@H]1C2. The van der Waals surface area contributed by atoms with Crippen molar-refractivity contribution in [3.63, 3.8) is 0 Å². The van der Waals surface area contributed by atoms with Crippen LogP contribution in [0.3, 0.4) is 0 Å². The van der Waals surface area contributed by atoms with Crippen LogP contribution in [0.4, 0.5) is 0 Å². The van der Waals surface area contributed by atoms with E-state index in [-0.39, 0.29) is 0 Å². The lowest BCUT2D eigenvalue weighted by Crippen LogP contribution is -2.49. The highest BCUT2D eigenvalue weighted by Crippen LogP contribution is 2.61. The van der Waals surface area contributed by atoms with E-state index in [1.165, 1.54) is 31.3 Å². The van der Waals surface area contributed by atoms with Gasteiger partial charge in [-0.05, 0) is 63.7 Å². The molecular weight excluding hydrogens is 180 g/mol. The number of allylic oxidation sites excluding steroid dienone is 4. The summed E-state index contributed by atoms with van der Waals surface area (Å²) in [6.07, 6.45) is 10.3. The smallest absolute Gasteiger partial charge is 0.0146 e. The van der Waals surface area contributed by atoms with Crippen LogP contribution in [0.2, 0.25) is 0 Å². The first kappa shape index (κ1) is 11.0. The molecule has 0 saturated heterocycles. The highest BCUT2D eigenvalue weighted by molar-refractivity contribution is 5.22. The van der Waals surface area contributed by atoms with Crippen molar-refractivity contribution >= 4 is 0 Å². The molecule has 3 atom stereocenters. The van der Waals surface area contributed by atoms with E-state index < -0.39 is 0 Å². The third-order valence-corrected chi connectivity index (χ3v) is 4.76. The highest BCUT2D eigenvalue weighted by atomic mass is 14.6. The van der Waals surface area contributed by atoms with Crippen LogP contribution < -0.4 is 0 Å². The zero-order valence-corrected chi connectivity index (χ0v) is 10.6. The van der Waals surface area contributed by atoms with Crippen LogP contribution in [-0.4, -0.2) is 0 Å². The highest BCUT2D eigenvalue weighted by Gasteiger charge is 2.52. The second-order valence-electron chi connectivity index (χ2n) is 6.00. The maximum absolute atomic E-state index is 2.52. The third kappa shape index (κ3) is 1.79. The number of hydrogen-bond donors (Lipinski definition) is 0. The van der Waals surface area contributed by atoms with E-state index in [4.69, 9.17) is 0 Å². The van der Waals surface area contributed by atoms with E-state index in [0.29, 0.717) is 5.41 Å². The molecule has 3 aliphatic rings. The molecule has 1 fully saturated rings. The second kappa shape index (κ2) is 3.81. The van der Waals surface area contributed by atoms with Gasteiger partial charge in [-0.25, -0.2) is 0 Å². The molecule has 0 nitrogen and oxygen atoms in total.